The molecule has 2 aromatic rings. The molecule has 2 aliphatic heterocycles. The third-order valence-electron chi connectivity index (χ3n) is 5.81. The van der Waals surface area contributed by atoms with E-state index in [1.807, 2.05) is 18.1 Å². The van der Waals surface area contributed by atoms with Crippen LogP contribution in [-0.4, -0.2) is 71.2 Å². The van der Waals surface area contributed by atoms with Crippen molar-refractivity contribution in [3.8, 4) is 0 Å². The van der Waals surface area contributed by atoms with Gasteiger partial charge in [-0.05, 0) is 37.1 Å². The SMILES string of the molecule is CN=C(NCc1ccc(CN2CCCC2)cc1)N1CCN(c2cnn(C)c2)C(=O)C1.I. The van der Waals surface area contributed by atoms with Crippen molar-refractivity contribution in [1.82, 2.24) is 24.9 Å². The Hall–Kier alpha value is -2.14. The monoisotopic (exact) mass is 537 g/mol. The molecule has 0 unspecified atom stereocenters. The number of nitrogens with zero attached hydrogens (tertiary/aromatic N) is 6. The largest absolute Gasteiger partial charge is 0.352 e. The number of piperazine rings is 1. The van der Waals surface area contributed by atoms with Crippen molar-refractivity contribution in [1.29, 1.82) is 0 Å². The minimum Gasteiger partial charge on any atom is -0.352 e. The number of aromatic nitrogens is 2. The summed E-state index contributed by atoms with van der Waals surface area (Å²) in [5.41, 5.74) is 3.42. The van der Waals surface area contributed by atoms with Crippen molar-refractivity contribution in [2.24, 2.45) is 12.0 Å². The number of halogens is 1. The van der Waals surface area contributed by atoms with Crippen LogP contribution in [0.2, 0.25) is 0 Å². The first-order chi connectivity index (χ1) is 14.6. The lowest BCUT2D eigenvalue weighted by Gasteiger charge is -2.35. The highest BCUT2D eigenvalue weighted by Gasteiger charge is 2.27. The molecule has 0 atom stereocenters. The number of guanidine groups is 1. The lowest BCUT2D eigenvalue weighted by Crippen LogP contribution is -2.55. The highest BCUT2D eigenvalue weighted by atomic mass is 127. The minimum absolute atomic E-state index is 0. The second kappa shape index (κ2) is 10.9. The molecule has 0 bridgehead atoms. The van der Waals surface area contributed by atoms with Crippen LogP contribution in [0, 0.1) is 0 Å². The van der Waals surface area contributed by atoms with Crippen LogP contribution in [0.5, 0.6) is 0 Å². The van der Waals surface area contributed by atoms with Gasteiger partial charge in [0.05, 0.1) is 11.9 Å². The molecule has 31 heavy (non-hydrogen) atoms. The number of carbonyl (C=O) groups excluding carboxylic acids is 1. The van der Waals surface area contributed by atoms with Gasteiger partial charge in [0.2, 0.25) is 5.91 Å². The van der Waals surface area contributed by atoms with E-state index in [0.717, 1.165) is 24.7 Å². The van der Waals surface area contributed by atoms with E-state index in [1.165, 1.54) is 37.1 Å². The number of nitrogens with one attached hydrogen (secondary N) is 1. The summed E-state index contributed by atoms with van der Waals surface area (Å²) in [6.07, 6.45) is 6.24. The molecule has 0 radical (unpaired) electrons. The molecule has 2 saturated heterocycles. The van der Waals surface area contributed by atoms with Crippen LogP contribution in [0.1, 0.15) is 24.0 Å². The number of anilines is 1. The molecular formula is C22H32IN7O. The van der Waals surface area contributed by atoms with E-state index >= 15 is 0 Å². The summed E-state index contributed by atoms with van der Waals surface area (Å²) < 4.78 is 1.71. The van der Waals surface area contributed by atoms with Crippen LogP contribution in [0.15, 0.2) is 41.7 Å². The van der Waals surface area contributed by atoms with Gasteiger partial charge in [0.1, 0.15) is 6.54 Å². The van der Waals surface area contributed by atoms with Gasteiger partial charge in [0.25, 0.3) is 0 Å². The van der Waals surface area contributed by atoms with Crippen LogP contribution in [0.4, 0.5) is 5.69 Å². The number of aliphatic imine (C=N–C) groups is 1. The number of amides is 1. The van der Waals surface area contributed by atoms with E-state index in [9.17, 15) is 4.79 Å². The molecular weight excluding hydrogens is 505 g/mol. The van der Waals surface area contributed by atoms with Crippen molar-refractivity contribution < 1.29 is 4.79 Å². The third-order valence-corrected chi connectivity index (χ3v) is 5.81. The zero-order valence-electron chi connectivity index (χ0n) is 18.3. The first kappa shape index (κ1) is 23.5. The Morgan fingerprint density at radius 3 is 2.42 bits per heavy atom. The van der Waals surface area contributed by atoms with Gasteiger partial charge in [0, 0.05) is 46.5 Å². The van der Waals surface area contributed by atoms with Crippen LogP contribution >= 0.6 is 24.0 Å². The van der Waals surface area contributed by atoms with Crippen molar-refractivity contribution in [2.75, 3.05) is 44.7 Å². The van der Waals surface area contributed by atoms with E-state index in [4.69, 9.17) is 0 Å². The van der Waals surface area contributed by atoms with Crippen molar-refractivity contribution >= 4 is 41.5 Å². The Morgan fingerprint density at radius 1 is 1.10 bits per heavy atom. The van der Waals surface area contributed by atoms with E-state index in [2.05, 4.69) is 44.6 Å². The number of aryl methyl sites for hydroxylation is 1. The number of likely N-dealkylation sites (tertiary alicyclic amines) is 1. The van der Waals surface area contributed by atoms with E-state index in [0.29, 0.717) is 19.6 Å². The fourth-order valence-electron chi connectivity index (χ4n) is 4.15. The first-order valence-corrected chi connectivity index (χ1v) is 10.7. The number of carbonyl (C=O) groups is 1. The molecule has 1 amide bonds. The van der Waals surface area contributed by atoms with Gasteiger partial charge >= 0.3 is 0 Å². The Balaban J connectivity index is 0.00000272. The second-order valence-corrected chi connectivity index (χ2v) is 8.04. The third kappa shape index (κ3) is 5.97. The van der Waals surface area contributed by atoms with Crippen molar-refractivity contribution in [2.45, 2.75) is 25.9 Å². The number of hydrogen-bond donors (Lipinski definition) is 1. The second-order valence-electron chi connectivity index (χ2n) is 8.04. The normalized spacial score (nSPS) is 17.7. The Bertz CT molecular complexity index is 890. The molecule has 0 saturated carbocycles. The molecule has 0 aliphatic carbocycles. The van der Waals surface area contributed by atoms with Crippen molar-refractivity contribution in [3.05, 3.63) is 47.8 Å². The molecule has 2 aliphatic rings. The maximum atomic E-state index is 12.6. The molecule has 4 rings (SSSR count). The molecule has 9 heteroatoms. The number of rotatable bonds is 5. The molecule has 1 N–H and O–H groups in total. The molecule has 1 aromatic heterocycles. The Morgan fingerprint density at radius 2 is 1.81 bits per heavy atom. The van der Waals surface area contributed by atoms with Crippen molar-refractivity contribution in [3.63, 3.8) is 0 Å². The summed E-state index contributed by atoms with van der Waals surface area (Å²) in [4.78, 5) is 23.3. The maximum absolute atomic E-state index is 12.6. The first-order valence-electron chi connectivity index (χ1n) is 10.7. The molecule has 8 nitrogen and oxygen atoms in total. The number of benzene rings is 1. The van der Waals surface area contributed by atoms with Gasteiger partial charge < -0.3 is 15.1 Å². The summed E-state index contributed by atoms with van der Waals surface area (Å²) in [7, 11) is 3.62. The van der Waals surface area contributed by atoms with Gasteiger partial charge in [-0.2, -0.15) is 5.10 Å². The Kier molecular flexibility index (Phi) is 8.30. The lowest BCUT2D eigenvalue weighted by atomic mass is 10.1. The van der Waals surface area contributed by atoms with Crippen LogP contribution in [-0.2, 0) is 24.9 Å². The average molecular weight is 537 g/mol. The summed E-state index contributed by atoms with van der Waals surface area (Å²) in [5.74, 6) is 0.818. The predicted molar refractivity (Wildman–Crippen MR) is 134 cm³/mol. The predicted octanol–water partition coefficient (Wildman–Crippen LogP) is 2.06. The summed E-state index contributed by atoms with van der Waals surface area (Å²) in [6, 6.07) is 8.79. The van der Waals surface area contributed by atoms with Crippen LogP contribution < -0.4 is 10.2 Å². The zero-order valence-corrected chi connectivity index (χ0v) is 20.7. The standard InChI is InChI=1S/C22H31N7O.HI/c1-23-22(28-11-12-29(21(30)17-28)20-14-25-26(2)16-20)24-13-18-5-7-19(8-6-18)15-27-9-3-4-10-27;/h5-8,14,16H,3-4,9-13,15,17H2,1-2H3,(H,23,24);1H. The highest BCUT2D eigenvalue weighted by molar-refractivity contribution is 14.0. The Labute approximate surface area is 201 Å². The van der Waals surface area contributed by atoms with Gasteiger partial charge in [0.15, 0.2) is 5.96 Å². The van der Waals surface area contributed by atoms with Gasteiger partial charge in [-0.15, -0.1) is 24.0 Å². The smallest absolute Gasteiger partial charge is 0.246 e. The highest BCUT2D eigenvalue weighted by Crippen LogP contribution is 2.16. The van der Waals surface area contributed by atoms with Crippen LogP contribution in [0.25, 0.3) is 0 Å². The minimum atomic E-state index is 0. The van der Waals surface area contributed by atoms with Gasteiger partial charge in [-0.3, -0.25) is 19.4 Å². The molecule has 2 fully saturated rings. The summed E-state index contributed by atoms with van der Waals surface area (Å²) in [5, 5.41) is 7.57. The molecule has 3 heterocycles. The number of hydrogen-bond acceptors (Lipinski definition) is 4. The summed E-state index contributed by atoms with van der Waals surface area (Å²) in [6.45, 7) is 5.82. The zero-order chi connectivity index (χ0) is 20.9. The fourth-order valence-corrected chi connectivity index (χ4v) is 4.15. The van der Waals surface area contributed by atoms with E-state index < -0.39 is 0 Å². The quantitative estimate of drug-likeness (QED) is 0.360. The maximum Gasteiger partial charge on any atom is 0.246 e. The van der Waals surface area contributed by atoms with E-state index in [-0.39, 0.29) is 29.9 Å². The van der Waals surface area contributed by atoms with Gasteiger partial charge in [-0.25, -0.2) is 0 Å². The fraction of sp³-hybridized carbons (Fsp3) is 0.500. The average Bonchev–Trinajstić information content (AvgIpc) is 3.41. The summed E-state index contributed by atoms with van der Waals surface area (Å²) >= 11 is 0. The molecule has 168 valence electrons. The molecule has 1 aromatic carbocycles. The van der Waals surface area contributed by atoms with E-state index in [1.54, 1.807) is 22.8 Å². The topological polar surface area (TPSA) is 69.0 Å². The molecule has 0 spiro atoms. The lowest BCUT2D eigenvalue weighted by molar-refractivity contribution is -0.120. The van der Waals surface area contributed by atoms with Gasteiger partial charge in [-0.1, -0.05) is 24.3 Å². The van der Waals surface area contributed by atoms with Crippen LogP contribution in [0.3, 0.4) is 0 Å².